The number of carbonyl (C=O) groups excluding carboxylic acids is 1. The molecular weight excluding hydrogens is 418 g/mol. The number of nitrogens with zero attached hydrogens (tertiary/aromatic N) is 1. The average Bonchev–Trinajstić information content (AvgIpc) is 2.98. The number of hydrogen-bond acceptors (Lipinski definition) is 6. The van der Waals surface area contributed by atoms with Gasteiger partial charge in [-0.3, -0.25) is 19.4 Å². The number of anilines is 1. The molecule has 0 spiro atoms. The Morgan fingerprint density at radius 3 is 2.19 bits per heavy atom. The maximum atomic E-state index is 13.2. The molecular formula is C22H29N3O5S. The highest BCUT2D eigenvalue weighted by molar-refractivity contribution is 8.00. The molecule has 8 nitrogen and oxygen atoms in total. The molecule has 1 atom stereocenters. The van der Waals surface area contributed by atoms with Gasteiger partial charge in [0.15, 0.2) is 11.5 Å². The zero-order chi connectivity index (χ0) is 22.0. The quantitative estimate of drug-likeness (QED) is 0.676. The number of thioether (sulfide) groups is 1. The van der Waals surface area contributed by atoms with Crippen LogP contribution >= 0.6 is 11.8 Å². The van der Waals surface area contributed by atoms with E-state index in [1.165, 1.54) is 24.6 Å². The van der Waals surface area contributed by atoms with Crippen LogP contribution in [0.4, 0.5) is 5.82 Å². The topological polar surface area (TPSA) is 94.6 Å². The first-order valence-electron chi connectivity index (χ1n) is 10.6. The van der Waals surface area contributed by atoms with Gasteiger partial charge in [-0.1, -0.05) is 25.7 Å². The molecule has 4 rings (SSSR count). The van der Waals surface area contributed by atoms with Crippen LogP contribution in [0.25, 0.3) is 0 Å². The van der Waals surface area contributed by atoms with Crippen molar-refractivity contribution >= 4 is 23.5 Å². The van der Waals surface area contributed by atoms with Gasteiger partial charge in [0.25, 0.3) is 5.56 Å². The number of methoxy groups -OCH3 is 3. The van der Waals surface area contributed by atoms with Crippen LogP contribution in [-0.2, 0) is 4.79 Å². The van der Waals surface area contributed by atoms with Gasteiger partial charge < -0.3 is 19.5 Å². The van der Waals surface area contributed by atoms with Gasteiger partial charge in [0.05, 0.1) is 43.9 Å². The summed E-state index contributed by atoms with van der Waals surface area (Å²) >= 11 is 1.42. The minimum atomic E-state index is -0.349. The summed E-state index contributed by atoms with van der Waals surface area (Å²) in [5.74, 6) is 2.25. The lowest BCUT2D eigenvalue weighted by atomic mass is 10.0. The van der Waals surface area contributed by atoms with Gasteiger partial charge in [-0.05, 0) is 30.5 Å². The third-order valence-corrected chi connectivity index (χ3v) is 7.31. The molecule has 2 aromatic rings. The highest BCUT2D eigenvalue weighted by atomic mass is 32.2. The summed E-state index contributed by atoms with van der Waals surface area (Å²) in [5.41, 5.74) is 1.21. The predicted molar refractivity (Wildman–Crippen MR) is 121 cm³/mol. The summed E-state index contributed by atoms with van der Waals surface area (Å²) in [6.07, 6.45) is 6.65. The Bertz CT molecular complexity index is 982. The summed E-state index contributed by atoms with van der Waals surface area (Å²) in [6, 6.07) is 3.88. The Morgan fingerprint density at radius 1 is 0.968 bits per heavy atom. The SMILES string of the molecule is COc1cc([C@@H]2SCC(=O)Nc3c2c(=O)[nH]n3C2CCCCCC2)cc(OC)c1OC. The number of fused-ring (bicyclic) bond motifs is 1. The standard InChI is InChI=1S/C22H29N3O5S/c1-28-15-10-13(11-16(29-2)19(15)30-3)20-18-21(23-17(26)12-31-20)25(24-22(18)27)14-8-6-4-5-7-9-14/h10-11,14,20H,4-9,12H2,1-3H3,(H,23,26)(H,24,27)/t20-/m0/s1. The Balaban J connectivity index is 1.84. The van der Waals surface area contributed by atoms with Crippen LogP contribution in [0.3, 0.4) is 0 Å². The van der Waals surface area contributed by atoms with Crippen molar-refractivity contribution in [2.45, 2.75) is 49.8 Å². The van der Waals surface area contributed by atoms with E-state index >= 15 is 0 Å². The van der Waals surface area contributed by atoms with Crippen LogP contribution in [-0.4, -0.2) is 42.8 Å². The molecule has 0 radical (unpaired) electrons. The Morgan fingerprint density at radius 2 is 1.61 bits per heavy atom. The number of rotatable bonds is 5. The molecule has 2 aliphatic rings. The minimum Gasteiger partial charge on any atom is -0.493 e. The summed E-state index contributed by atoms with van der Waals surface area (Å²) in [7, 11) is 4.68. The fraction of sp³-hybridized carbons (Fsp3) is 0.545. The van der Waals surface area contributed by atoms with Gasteiger partial charge in [0.1, 0.15) is 5.82 Å². The van der Waals surface area contributed by atoms with Gasteiger partial charge in [-0.25, -0.2) is 0 Å². The number of carbonyl (C=O) groups is 1. The molecule has 1 saturated carbocycles. The molecule has 2 N–H and O–H groups in total. The van der Waals surface area contributed by atoms with Crippen LogP contribution in [0.2, 0.25) is 0 Å². The lowest BCUT2D eigenvalue weighted by Crippen LogP contribution is -2.19. The smallest absolute Gasteiger partial charge is 0.270 e. The number of aromatic nitrogens is 2. The second kappa shape index (κ2) is 9.30. The van der Waals surface area contributed by atoms with E-state index in [4.69, 9.17) is 14.2 Å². The molecule has 1 aliphatic carbocycles. The zero-order valence-electron chi connectivity index (χ0n) is 18.2. The molecule has 31 heavy (non-hydrogen) atoms. The number of hydrogen-bond donors (Lipinski definition) is 2. The van der Waals surface area contributed by atoms with Gasteiger partial charge in [0, 0.05) is 0 Å². The first-order chi connectivity index (χ1) is 15.1. The maximum absolute atomic E-state index is 13.2. The summed E-state index contributed by atoms with van der Waals surface area (Å²) < 4.78 is 18.4. The van der Waals surface area contributed by atoms with Crippen molar-refractivity contribution in [3.8, 4) is 17.2 Å². The molecule has 2 heterocycles. The van der Waals surface area contributed by atoms with Crippen LogP contribution in [0.5, 0.6) is 17.2 Å². The summed E-state index contributed by atoms with van der Waals surface area (Å²) in [5, 5.41) is 5.67. The van der Waals surface area contributed by atoms with Crippen LogP contribution < -0.4 is 25.1 Å². The summed E-state index contributed by atoms with van der Waals surface area (Å²) in [6.45, 7) is 0. The van der Waals surface area contributed by atoms with Crippen molar-refractivity contribution in [3.63, 3.8) is 0 Å². The molecule has 1 amide bonds. The molecule has 168 valence electrons. The number of nitrogens with one attached hydrogen (secondary N) is 2. The van der Waals surface area contributed by atoms with Crippen molar-refractivity contribution in [1.82, 2.24) is 9.78 Å². The van der Waals surface area contributed by atoms with E-state index in [-0.39, 0.29) is 28.5 Å². The second-order valence-electron chi connectivity index (χ2n) is 7.92. The molecule has 9 heteroatoms. The molecule has 1 aromatic carbocycles. The van der Waals surface area contributed by atoms with Crippen LogP contribution in [0.15, 0.2) is 16.9 Å². The van der Waals surface area contributed by atoms with E-state index in [1.54, 1.807) is 21.3 Å². The number of amides is 1. The normalized spacial score (nSPS) is 19.7. The van der Waals surface area contributed by atoms with Gasteiger partial charge in [0.2, 0.25) is 11.7 Å². The Labute approximate surface area is 185 Å². The van der Waals surface area contributed by atoms with E-state index in [9.17, 15) is 9.59 Å². The molecule has 0 saturated heterocycles. The molecule has 0 bridgehead atoms. The van der Waals surface area contributed by atoms with E-state index in [0.29, 0.717) is 28.6 Å². The van der Waals surface area contributed by atoms with E-state index in [2.05, 4.69) is 10.4 Å². The van der Waals surface area contributed by atoms with E-state index < -0.39 is 0 Å². The zero-order valence-corrected chi connectivity index (χ0v) is 19.0. The van der Waals surface area contributed by atoms with E-state index in [1.807, 2.05) is 16.8 Å². The fourth-order valence-electron chi connectivity index (χ4n) is 4.55. The largest absolute Gasteiger partial charge is 0.493 e. The number of H-pyrrole nitrogens is 1. The molecule has 0 unspecified atom stereocenters. The maximum Gasteiger partial charge on any atom is 0.270 e. The first-order valence-corrected chi connectivity index (χ1v) is 11.7. The van der Waals surface area contributed by atoms with Gasteiger partial charge in [-0.2, -0.15) is 0 Å². The predicted octanol–water partition coefficient (Wildman–Crippen LogP) is 3.87. The lowest BCUT2D eigenvalue weighted by Gasteiger charge is -2.20. The average molecular weight is 448 g/mol. The lowest BCUT2D eigenvalue weighted by molar-refractivity contribution is -0.113. The number of ether oxygens (including phenoxy) is 3. The molecule has 1 aliphatic heterocycles. The third-order valence-electron chi connectivity index (χ3n) is 6.04. The fourth-order valence-corrected chi connectivity index (χ4v) is 5.65. The van der Waals surface area contributed by atoms with E-state index in [0.717, 1.165) is 31.2 Å². The first kappa shape index (κ1) is 21.7. The van der Waals surface area contributed by atoms with Crippen molar-refractivity contribution in [3.05, 3.63) is 33.6 Å². The van der Waals surface area contributed by atoms with Crippen molar-refractivity contribution in [1.29, 1.82) is 0 Å². The van der Waals surface area contributed by atoms with Crippen LogP contribution in [0, 0.1) is 0 Å². The highest BCUT2D eigenvalue weighted by Gasteiger charge is 2.33. The number of benzene rings is 1. The van der Waals surface area contributed by atoms with Crippen LogP contribution in [0.1, 0.15) is 60.9 Å². The Kier molecular flexibility index (Phi) is 6.50. The van der Waals surface area contributed by atoms with Crippen molar-refractivity contribution in [2.75, 3.05) is 32.4 Å². The van der Waals surface area contributed by atoms with Crippen molar-refractivity contribution in [2.24, 2.45) is 0 Å². The van der Waals surface area contributed by atoms with Crippen molar-refractivity contribution < 1.29 is 19.0 Å². The minimum absolute atomic E-state index is 0.109. The molecule has 1 fully saturated rings. The second-order valence-corrected chi connectivity index (χ2v) is 9.01. The monoisotopic (exact) mass is 447 g/mol. The Hall–Kier alpha value is -2.55. The van der Waals surface area contributed by atoms with Gasteiger partial charge >= 0.3 is 0 Å². The van der Waals surface area contributed by atoms with Gasteiger partial charge in [-0.15, -0.1) is 11.8 Å². The third kappa shape index (κ3) is 4.15. The number of aromatic amines is 1. The molecule has 1 aromatic heterocycles. The summed E-state index contributed by atoms with van der Waals surface area (Å²) in [4.78, 5) is 25.7. The highest BCUT2D eigenvalue weighted by Crippen LogP contribution is 2.46.